The molecule has 1 aromatic heterocycles. The molecule has 5 nitrogen and oxygen atoms in total. The summed E-state index contributed by atoms with van der Waals surface area (Å²) < 4.78 is 5.86. The van der Waals surface area contributed by atoms with Gasteiger partial charge in [0.15, 0.2) is 6.04 Å². The van der Waals surface area contributed by atoms with Crippen LogP contribution in [0, 0.1) is 5.92 Å². The smallest absolute Gasteiger partial charge is 0.328 e. The molecule has 1 amide bonds. The third kappa shape index (κ3) is 2.46. The van der Waals surface area contributed by atoms with Crippen LogP contribution in [0.5, 0.6) is 0 Å². The lowest BCUT2D eigenvalue weighted by atomic mass is 9.83. The van der Waals surface area contributed by atoms with Crippen molar-refractivity contribution in [1.82, 2.24) is 4.90 Å². The number of carbonyl (C=O) groups excluding carboxylic acids is 1. The molecule has 0 aromatic carbocycles. The molecular formula is C15H19NO4S. The first-order chi connectivity index (χ1) is 10.0. The summed E-state index contributed by atoms with van der Waals surface area (Å²) in [5, 5.41) is 11.3. The predicted molar refractivity (Wildman–Crippen MR) is 78.2 cm³/mol. The molecule has 1 aromatic rings. The number of carbonyl (C=O) groups is 2. The van der Waals surface area contributed by atoms with Crippen LogP contribution in [0.4, 0.5) is 0 Å². The van der Waals surface area contributed by atoms with E-state index < -0.39 is 17.7 Å². The van der Waals surface area contributed by atoms with Crippen molar-refractivity contribution < 1.29 is 19.4 Å². The molecular weight excluding hydrogens is 290 g/mol. The third-order valence-corrected chi connectivity index (χ3v) is 5.41. The van der Waals surface area contributed by atoms with E-state index in [4.69, 9.17) is 4.74 Å². The van der Waals surface area contributed by atoms with Gasteiger partial charge in [0.25, 0.3) is 5.91 Å². The highest BCUT2D eigenvalue weighted by Crippen LogP contribution is 2.43. The number of hydrogen-bond donors (Lipinski definition) is 1. The van der Waals surface area contributed by atoms with Gasteiger partial charge in [-0.05, 0) is 43.0 Å². The zero-order chi connectivity index (χ0) is 15.0. The van der Waals surface area contributed by atoms with Crippen molar-refractivity contribution in [2.75, 3.05) is 6.61 Å². The summed E-state index contributed by atoms with van der Waals surface area (Å²) in [4.78, 5) is 26.3. The quantitative estimate of drug-likeness (QED) is 0.912. The lowest BCUT2D eigenvalue weighted by Gasteiger charge is -2.42. The second-order valence-corrected chi connectivity index (χ2v) is 6.89. The second kappa shape index (κ2) is 5.42. The summed E-state index contributed by atoms with van der Waals surface area (Å²) in [6.07, 6.45) is 3.35. The molecule has 1 saturated heterocycles. The molecule has 1 aliphatic heterocycles. The van der Waals surface area contributed by atoms with E-state index in [9.17, 15) is 14.7 Å². The molecule has 0 radical (unpaired) electrons. The van der Waals surface area contributed by atoms with E-state index in [1.807, 2.05) is 5.38 Å². The van der Waals surface area contributed by atoms with Gasteiger partial charge in [-0.3, -0.25) is 9.69 Å². The fourth-order valence-corrected chi connectivity index (χ4v) is 3.95. The van der Waals surface area contributed by atoms with Crippen LogP contribution in [-0.2, 0) is 9.53 Å². The van der Waals surface area contributed by atoms with Gasteiger partial charge in [0, 0.05) is 0 Å². The molecule has 0 bridgehead atoms. The van der Waals surface area contributed by atoms with Crippen molar-refractivity contribution in [2.45, 2.75) is 44.4 Å². The second-order valence-electron chi connectivity index (χ2n) is 5.95. The number of amides is 1. The molecule has 2 heterocycles. The van der Waals surface area contributed by atoms with Gasteiger partial charge in [-0.2, -0.15) is 0 Å². The Balaban J connectivity index is 1.93. The Morgan fingerprint density at radius 3 is 2.71 bits per heavy atom. The number of rotatable bonds is 2. The van der Waals surface area contributed by atoms with Crippen LogP contribution in [0.25, 0.3) is 0 Å². The Bertz CT molecular complexity index is 534. The van der Waals surface area contributed by atoms with Gasteiger partial charge in [0.05, 0.1) is 11.5 Å². The summed E-state index contributed by atoms with van der Waals surface area (Å²) in [6.45, 7) is 2.27. The van der Waals surface area contributed by atoms with Crippen LogP contribution >= 0.6 is 11.3 Å². The number of thiophene rings is 1. The van der Waals surface area contributed by atoms with E-state index in [2.05, 4.69) is 6.92 Å². The first-order valence-corrected chi connectivity index (χ1v) is 8.15. The lowest BCUT2D eigenvalue weighted by Crippen LogP contribution is -2.54. The Labute approximate surface area is 127 Å². The Morgan fingerprint density at radius 1 is 1.43 bits per heavy atom. The maximum atomic E-state index is 12.8. The SMILES string of the molecule is CC1CCC2(CC1)OCC(C(=O)O)N2C(=O)c1cccs1. The number of nitrogens with zero attached hydrogens (tertiary/aromatic N) is 1. The molecule has 1 unspecified atom stereocenters. The first kappa shape index (κ1) is 14.5. The highest BCUT2D eigenvalue weighted by molar-refractivity contribution is 7.12. The fraction of sp³-hybridized carbons (Fsp3) is 0.600. The van der Waals surface area contributed by atoms with E-state index in [-0.39, 0.29) is 12.5 Å². The van der Waals surface area contributed by atoms with Gasteiger partial charge >= 0.3 is 5.97 Å². The van der Waals surface area contributed by atoms with E-state index in [1.54, 1.807) is 12.1 Å². The molecule has 1 saturated carbocycles. The number of hydrogen-bond acceptors (Lipinski definition) is 4. The monoisotopic (exact) mass is 309 g/mol. The van der Waals surface area contributed by atoms with Gasteiger partial charge < -0.3 is 9.84 Å². The van der Waals surface area contributed by atoms with Crippen molar-refractivity contribution in [3.05, 3.63) is 22.4 Å². The number of ether oxygens (including phenoxy) is 1. The van der Waals surface area contributed by atoms with Gasteiger partial charge in [-0.25, -0.2) is 4.79 Å². The third-order valence-electron chi connectivity index (χ3n) is 4.55. The van der Waals surface area contributed by atoms with Crippen molar-refractivity contribution in [1.29, 1.82) is 0 Å². The summed E-state index contributed by atoms with van der Waals surface area (Å²) >= 11 is 1.34. The maximum Gasteiger partial charge on any atom is 0.328 e. The Morgan fingerprint density at radius 2 is 2.14 bits per heavy atom. The first-order valence-electron chi connectivity index (χ1n) is 7.27. The van der Waals surface area contributed by atoms with Crippen LogP contribution in [0.2, 0.25) is 0 Å². The van der Waals surface area contributed by atoms with Crippen molar-refractivity contribution in [3.63, 3.8) is 0 Å². The zero-order valence-corrected chi connectivity index (χ0v) is 12.8. The average molecular weight is 309 g/mol. The molecule has 2 fully saturated rings. The minimum absolute atomic E-state index is 0.0842. The minimum Gasteiger partial charge on any atom is -0.480 e. The minimum atomic E-state index is -0.990. The topological polar surface area (TPSA) is 66.8 Å². The molecule has 1 spiro atoms. The normalized spacial score (nSPS) is 32.5. The maximum absolute atomic E-state index is 12.8. The van der Waals surface area contributed by atoms with E-state index in [1.165, 1.54) is 16.2 Å². The van der Waals surface area contributed by atoms with Crippen molar-refractivity contribution in [2.24, 2.45) is 5.92 Å². The van der Waals surface area contributed by atoms with Gasteiger partial charge in [0.2, 0.25) is 0 Å². The molecule has 1 N–H and O–H groups in total. The lowest BCUT2D eigenvalue weighted by molar-refractivity contribution is -0.143. The van der Waals surface area contributed by atoms with Crippen molar-refractivity contribution in [3.8, 4) is 0 Å². The standard InChI is InChI=1S/C15H19NO4S/c1-10-4-6-15(7-5-10)16(11(9-20-15)14(18)19)13(17)12-3-2-8-21-12/h2-3,8,10-11H,4-7,9H2,1H3,(H,18,19). The molecule has 1 aliphatic carbocycles. The summed E-state index contributed by atoms with van der Waals surface area (Å²) in [5.41, 5.74) is -0.726. The fourth-order valence-electron chi connectivity index (χ4n) is 3.29. The van der Waals surface area contributed by atoms with Crippen molar-refractivity contribution >= 4 is 23.2 Å². The molecule has 2 aliphatic rings. The average Bonchev–Trinajstić information content (AvgIpc) is 3.10. The van der Waals surface area contributed by atoms with Gasteiger partial charge in [0.1, 0.15) is 5.72 Å². The van der Waals surface area contributed by atoms with Crippen LogP contribution in [0.1, 0.15) is 42.3 Å². The summed E-state index contributed by atoms with van der Waals surface area (Å²) in [5.74, 6) is -0.610. The van der Waals surface area contributed by atoms with E-state index in [0.29, 0.717) is 10.8 Å². The van der Waals surface area contributed by atoms with Gasteiger partial charge in [-0.15, -0.1) is 11.3 Å². The largest absolute Gasteiger partial charge is 0.480 e. The van der Waals surface area contributed by atoms with Crippen LogP contribution in [-0.4, -0.2) is 40.3 Å². The highest BCUT2D eigenvalue weighted by Gasteiger charge is 2.53. The van der Waals surface area contributed by atoms with Gasteiger partial charge in [-0.1, -0.05) is 13.0 Å². The number of carboxylic acids is 1. The summed E-state index contributed by atoms with van der Waals surface area (Å²) in [7, 11) is 0. The van der Waals surface area contributed by atoms with E-state index >= 15 is 0 Å². The Kier molecular flexibility index (Phi) is 3.75. The molecule has 114 valence electrons. The van der Waals surface area contributed by atoms with Crippen LogP contribution < -0.4 is 0 Å². The van der Waals surface area contributed by atoms with E-state index in [0.717, 1.165) is 25.7 Å². The number of aliphatic carboxylic acids is 1. The summed E-state index contributed by atoms with van der Waals surface area (Å²) in [6, 6.07) is 2.66. The molecule has 6 heteroatoms. The predicted octanol–water partition coefficient (Wildman–Crippen LogP) is 2.58. The van der Waals surface area contributed by atoms with Crippen LogP contribution in [0.3, 0.4) is 0 Å². The zero-order valence-electron chi connectivity index (χ0n) is 11.9. The molecule has 21 heavy (non-hydrogen) atoms. The number of carboxylic acid groups (broad SMARTS) is 1. The molecule has 3 rings (SSSR count). The molecule has 1 atom stereocenters. The Hall–Kier alpha value is -1.40. The van der Waals surface area contributed by atoms with Crippen LogP contribution in [0.15, 0.2) is 17.5 Å². The highest BCUT2D eigenvalue weighted by atomic mass is 32.1.